The van der Waals surface area contributed by atoms with Gasteiger partial charge < -0.3 is 14.5 Å². The van der Waals surface area contributed by atoms with E-state index < -0.39 is 74.1 Å². The molecule has 8 nitrogen and oxygen atoms in total. The fraction of sp³-hybridized carbons (Fsp3) is 0.565. The van der Waals surface area contributed by atoms with E-state index >= 15 is 0 Å². The number of halogens is 4. The van der Waals surface area contributed by atoms with E-state index in [9.17, 15) is 25.1 Å². The Bertz CT molecular complexity index is 1110. The molecule has 224 valence electrons. The predicted molar refractivity (Wildman–Crippen MR) is 158 cm³/mol. The summed E-state index contributed by atoms with van der Waals surface area (Å²) in [5.74, 6) is 0.462. The van der Waals surface area contributed by atoms with Gasteiger partial charge in [0.05, 0.1) is 29.5 Å². The Balaban J connectivity index is 2.50. The third-order valence-electron chi connectivity index (χ3n) is 6.01. The summed E-state index contributed by atoms with van der Waals surface area (Å²) in [7, 11) is 3.20. The molecule has 1 aromatic carbocycles. The normalized spacial score (nSPS) is 12.9. The number of benzene rings is 1. The van der Waals surface area contributed by atoms with Crippen molar-refractivity contribution in [2.75, 3.05) is 27.2 Å². The van der Waals surface area contributed by atoms with Crippen LogP contribution < -0.4 is 4.74 Å². The summed E-state index contributed by atoms with van der Waals surface area (Å²) in [5.41, 5.74) is 0.270. The van der Waals surface area contributed by atoms with Crippen molar-refractivity contribution >= 4 is 72.8 Å². The van der Waals surface area contributed by atoms with Crippen molar-refractivity contribution in [3.05, 3.63) is 35.7 Å². The molecule has 40 heavy (non-hydrogen) atoms. The number of thioether (sulfide) groups is 1. The van der Waals surface area contributed by atoms with Crippen LogP contribution >= 0.6 is 60.4 Å². The molecule has 0 aliphatic rings. The molecular weight excluding hydrogens is 631 g/mol. The van der Waals surface area contributed by atoms with Crippen molar-refractivity contribution in [2.45, 2.75) is 58.8 Å². The minimum Gasteiger partial charge on any atom is -0.460 e. The zero-order valence-electron chi connectivity index (χ0n) is 22.7. The largest absolute Gasteiger partial charge is 0.460 e. The minimum atomic E-state index is -2.52. The highest BCUT2D eigenvalue weighted by Gasteiger charge is 2.48. The molecule has 1 heterocycles. The molecule has 0 fully saturated rings. The van der Waals surface area contributed by atoms with E-state index in [1.165, 1.54) is 33.5 Å². The average Bonchev–Trinajstić information content (AvgIpc) is 3.39. The maximum absolute atomic E-state index is 13.6. The smallest absolute Gasteiger partial charge is 0.346 e. The van der Waals surface area contributed by atoms with Crippen molar-refractivity contribution in [3.63, 3.8) is 0 Å². The highest BCUT2D eigenvalue weighted by atomic mass is 32.3. The van der Waals surface area contributed by atoms with Gasteiger partial charge in [-0.25, -0.2) is 9.78 Å². The van der Waals surface area contributed by atoms with E-state index in [4.69, 9.17) is 4.74 Å². The number of hydrogen-bond acceptors (Lipinski definition) is 10. The average molecular weight is 662 g/mol. The van der Waals surface area contributed by atoms with E-state index in [2.05, 4.69) is 10.1 Å². The van der Waals surface area contributed by atoms with Gasteiger partial charge in [-0.05, 0) is 31.0 Å². The second kappa shape index (κ2) is 15.7. The summed E-state index contributed by atoms with van der Waals surface area (Å²) in [6, 6.07) is 5.63. The molecule has 1 aromatic heterocycles. The van der Waals surface area contributed by atoms with Gasteiger partial charge in [-0.2, -0.15) is 20.2 Å². The van der Waals surface area contributed by atoms with Gasteiger partial charge in [0.25, 0.3) is 4.27 Å². The molecule has 2 rings (SSSR count). The minimum absolute atomic E-state index is 0.0310. The van der Waals surface area contributed by atoms with Crippen molar-refractivity contribution in [1.82, 2.24) is 24.6 Å². The van der Waals surface area contributed by atoms with Gasteiger partial charge in [0.2, 0.25) is 6.41 Å². The zero-order valence-corrected chi connectivity index (χ0v) is 26.8. The molecule has 0 aliphatic carbocycles. The van der Waals surface area contributed by atoms with Gasteiger partial charge in [-0.3, -0.25) is 4.79 Å². The van der Waals surface area contributed by atoms with Crippen LogP contribution in [0.1, 0.15) is 50.8 Å². The van der Waals surface area contributed by atoms with E-state index in [0.29, 0.717) is 29.5 Å². The lowest BCUT2D eigenvalue weighted by Crippen LogP contribution is -2.35. The Kier molecular flexibility index (Phi) is 13.6. The molecule has 2 aromatic rings. The summed E-state index contributed by atoms with van der Waals surface area (Å²) < 4.78 is 55.9. The number of ether oxygens (including phenoxy) is 1. The molecule has 1 unspecified atom stereocenters. The number of nitrogens with zero attached hydrogens (tertiary/aromatic N) is 5. The second-order valence-corrected chi connectivity index (χ2v) is 13.8. The van der Waals surface area contributed by atoms with Gasteiger partial charge in [-0.1, -0.05) is 44.7 Å². The van der Waals surface area contributed by atoms with Crippen LogP contribution in [0.5, 0.6) is 5.75 Å². The van der Waals surface area contributed by atoms with Crippen molar-refractivity contribution < 1.29 is 29.9 Å². The molecule has 0 aliphatic heterocycles. The molecule has 0 bridgehead atoms. The summed E-state index contributed by atoms with van der Waals surface area (Å²) in [6.07, 6.45) is 1.44. The number of hydrogen-bond donors (Lipinski definition) is 0. The first-order valence-electron chi connectivity index (χ1n) is 11.9. The Morgan fingerprint density at radius 2 is 1.70 bits per heavy atom. The third kappa shape index (κ3) is 8.32. The van der Waals surface area contributed by atoms with Crippen LogP contribution in [-0.4, -0.2) is 73.0 Å². The summed E-state index contributed by atoms with van der Waals surface area (Å²) in [5, 5.41) is 4.38. The monoisotopic (exact) mass is 661 g/mol. The van der Waals surface area contributed by atoms with Crippen LogP contribution in [-0.2, 0) is 10.2 Å². The van der Waals surface area contributed by atoms with Crippen molar-refractivity contribution in [1.29, 1.82) is 0 Å². The van der Waals surface area contributed by atoms with Gasteiger partial charge in [0.1, 0.15) is 30.0 Å². The van der Waals surface area contributed by atoms with Crippen LogP contribution in [0.4, 0.5) is 20.3 Å². The number of aromatic nitrogens is 3. The number of likely N-dealkylation sites (N-methyl/N-ethyl adjacent to an activating group) is 1. The highest BCUT2D eigenvalue weighted by molar-refractivity contribution is 8.19. The third-order valence-corrected chi connectivity index (χ3v) is 10.7. The number of amides is 2. The Hall–Kier alpha value is -1.43. The quantitative estimate of drug-likeness (QED) is 0.0775. The van der Waals surface area contributed by atoms with Gasteiger partial charge in [0, 0.05) is 32.6 Å². The number of rotatable bonds is 16. The molecular formula is C23H31F4N5O3S5. The molecule has 0 N–H and O–H groups in total. The van der Waals surface area contributed by atoms with Crippen LogP contribution in [0.2, 0.25) is 0 Å². The van der Waals surface area contributed by atoms with Gasteiger partial charge >= 0.3 is 6.03 Å². The molecule has 17 heteroatoms. The second-order valence-electron chi connectivity index (χ2n) is 9.28. The van der Waals surface area contributed by atoms with Crippen LogP contribution in [0.25, 0.3) is 0 Å². The Morgan fingerprint density at radius 3 is 2.15 bits per heavy atom. The van der Waals surface area contributed by atoms with E-state index in [0.717, 1.165) is 6.42 Å². The standard InChI is InChI=1S/C23H31F4N5O3S5/c1-7-22(3,4)18-28-20(32(29-18)21(34)30(5)6)36-17(13-31(8-2)14-33)15-9-11-16(12-10-15)35-23(39-26,40-27)19(37-24)38-25/h9-12,14,17,19H,7-8,13H2,1-6H3. The van der Waals surface area contributed by atoms with Crippen LogP contribution in [0.3, 0.4) is 0 Å². The first-order valence-corrected chi connectivity index (χ1v) is 15.8. The fourth-order valence-electron chi connectivity index (χ4n) is 3.13. The number of carbonyl (C=O) groups is 2. The predicted octanol–water partition coefficient (Wildman–Crippen LogP) is 7.64. The molecule has 0 spiro atoms. The Morgan fingerprint density at radius 1 is 1.10 bits per heavy atom. The first-order chi connectivity index (χ1) is 18.9. The topological polar surface area (TPSA) is 80.6 Å². The SMILES string of the molecule is CCN(C=O)CC(Sc1nc(C(C)(C)CC)nn1C(=O)N(C)C)c1ccc(OC(SF)(SF)C(SF)SF)cc1. The lowest BCUT2D eigenvalue weighted by Gasteiger charge is -2.29. The Labute approximate surface area is 253 Å². The molecule has 0 radical (unpaired) electrons. The number of carbonyl (C=O) groups excluding carboxylic acids is 2. The van der Waals surface area contributed by atoms with Crippen molar-refractivity contribution in [3.8, 4) is 5.75 Å². The lowest BCUT2D eigenvalue weighted by atomic mass is 9.90. The summed E-state index contributed by atoms with van der Waals surface area (Å²) in [6.45, 7) is 8.42. The summed E-state index contributed by atoms with van der Waals surface area (Å²) >= 11 is -1.21. The van der Waals surface area contributed by atoms with Crippen LogP contribution in [0.15, 0.2) is 29.4 Å². The molecule has 1 atom stereocenters. The van der Waals surface area contributed by atoms with E-state index in [-0.39, 0.29) is 12.3 Å². The molecule has 2 amide bonds. The lowest BCUT2D eigenvalue weighted by molar-refractivity contribution is -0.118. The van der Waals surface area contributed by atoms with Gasteiger partial charge in [-0.15, -0.1) is 5.10 Å². The maximum atomic E-state index is 13.6. The fourth-order valence-corrected chi connectivity index (χ4v) is 6.10. The maximum Gasteiger partial charge on any atom is 0.346 e. The highest BCUT2D eigenvalue weighted by Crippen LogP contribution is 2.52. The first kappa shape index (κ1) is 34.8. The summed E-state index contributed by atoms with van der Waals surface area (Å²) in [4.78, 5) is 32.2. The van der Waals surface area contributed by atoms with Crippen molar-refractivity contribution in [2.24, 2.45) is 0 Å². The van der Waals surface area contributed by atoms with E-state index in [1.54, 1.807) is 31.1 Å². The van der Waals surface area contributed by atoms with E-state index in [1.807, 2.05) is 27.7 Å². The van der Waals surface area contributed by atoms with Crippen LogP contribution in [0, 0.1) is 0 Å². The molecule has 0 saturated carbocycles. The van der Waals surface area contributed by atoms with Gasteiger partial charge in [0.15, 0.2) is 15.6 Å². The molecule has 0 saturated heterocycles. The zero-order chi connectivity index (χ0) is 30.1.